The lowest BCUT2D eigenvalue weighted by Crippen LogP contribution is -2.37. The number of aromatic nitrogens is 4. The fraction of sp³-hybridized carbons (Fsp3) is 0.385. The summed E-state index contributed by atoms with van der Waals surface area (Å²) < 4.78 is 45.0. The number of carboxylic acids is 1. The molecule has 186 valence electrons. The number of carboxylic acid groups (broad SMARTS) is 1. The number of nitrogens with zero attached hydrogens (tertiary/aromatic N) is 4. The van der Waals surface area contributed by atoms with E-state index in [0.717, 1.165) is 17.7 Å². The number of nitriles is 1. The van der Waals surface area contributed by atoms with Crippen molar-refractivity contribution in [3.63, 3.8) is 0 Å². The fourth-order valence-electron chi connectivity index (χ4n) is 5.40. The van der Waals surface area contributed by atoms with Gasteiger partial charge in [0.25, 0.3) is 0 Å². The number of carbonyl (C=O) groups is 1. The molecular formula is C26H24F3N5O2. The van der Waals surface area contributed by atoms with Crippen molar-refractivity contribution in [2.24, 2.45) is 0 Å². The van der Waals surface area contributed by atoms with E-state index in [1.54, 1.807) is 10.8 Å². The third kappa shape index (κ3) is 3.70. The van der Waals surface area contributed by atoms with Crippen LogP contribution in [0.3, 0.4) is 0 Å². The fourth-order valence-corrected chi connectivity index (χ4v) is 5.40. The number of hydrogen-bond donors (Lipinski definition) is 2. The number of nitrogens with one attached hydrogen (secondary N) is 1. The van der Waals surface area contributed by atoms with Crippen molar-refractivity contribution in [1.29, 1.82) is 5.26 Å². The average Bonchev–Trinajstić information content (AvgIpc) is 3.42. The SMILES string of the molecule is CC(C)(CC#N)c1c(C2CCC(F)(C(=O)O)CC2)c2nc3[nH]ncc3cc2n1-c1ccc(F)c(F)c1. The van der Waals surface area contributed by atoms with Gasteiger partial charge < -0.3 is 9.67 Å². The Morgan fingerprint density at radius 1 is 1.28 bits per heavy atom. The Morgan fingerprint density at radius 2 is 2.00 bits per heavy atom. The van der Waals surface area contributed by atoms with E-state index in [1.165, 1.54) is 6.07 Å². The molecule has 3 aromatic heterocycles. The van der Waals surface area contributed by atoms with Crippen molar-refractivity contribution in [2.75, 3.05) is 0 Å². The number of pyridine rings is 1. The van der Waals surface area contributed by atoms with E-state index in [2.05, 4.69) is 16.3 Å². The Bertz CT molecular complexity index is 1540. The summed E-state index contributed by atoms with van der Waals surface area (Å²) in [5, 5.41) is 26.6. The summed E-state index contributed by atoms with van der Waals surface area (Å²) in [5.41, 5.74) is 0.475. The lowest BCUT2D eigenvalue weighted by molar-refractivity contribution is -0.153. The first-order valence-corrected chi connectivity index (χ1v) is 11.7. The van der Waals surface area contributed by atoms with Crippen LogP contribution in [0, 0.1) is 23.0 Å². The molecule has 3 heterocycles. The lowest BCUT2D eigenvalue weighted by Gasteiger charge is -2.33. The van der Waals surface area contributed by atoms with Gasteiger partial charge in [0.2, 0.25) is 5.67 Å². The third-order valence-corrected chi connectivity index (χ3v) is 7.27. The summed E-state index contributed by atoms with van der Waals surface area (Å²) in [4.78, 5) is 16.3. The molecule has 0 radical (unpaired) electrons. The lowest BCUT2D eigenvalue weighted by atomic mass is 9.73. The molecule has 2 N–H and O–H groups in total. The van der Waals surface area contributed by atoms with E-state index in [1.807, 2.05) is 19.9 Å². The molecule has 7 nitrogen and oxygen atoms in total. The quantitative estimate of drug-likeness (QED) is 0.363. The van der Waals surface area contributed by atoms with Gasteiger partial charge in [0.1, 0.15) is 0 Å². The summed E-state index contributed by atoms with van der Waals surface area (Å²) in [6.07, 6.45) is 1.93. The van der Waals surface area contributed by atoms with Gasteiger partial charge in [0.05, 0.1) is 23.3 Å². The van der Waals surface area contributed by atoms with Crippen LogP contribution in [0.1, 0.15) is 63.1 Å². The van der Waals surface area contributed by atoms with Crippen LogP contribution in [0.4, 0.5) is 13.2 Å². The summed E-state index contributed by atoms with van der Waals surface area (Å²) in [7, 11) is 0. The summed E-state index contributed by atoms with van der Waals surface area (Å²) in [6.45, 7) is 3.77. The van der Waals surface area contributed by atoms with Gasteiger partial charge in [-0.3, -0.25) is 5.10 Å². The number of aromatic amines is 1. The second-order valence-electron chi connectivity index (χ2n) is 10.1. The molecule has 1 aromatic carbocycles. The van der Waals surface area contributed by atoms with Crippen LogP contribution in [0.25, 0.3) is 27.8 Å². The molecule has 1 aliphatic carbocycles. The van der Waals surface area contributed by atoms with Crippen molar-refractivity contribution in [2.45, 2.75) is 63.0 Å². The zero-order valence-electron chi connectivity index (χ0n) is 19.8. The zero-order valence-corrected chi connectivity index (χ0v) is 19.8. The maximum absolute atomic E-state index is 14.9. The van der Waals surface area contributed by atoms with Crippen LogP contribution in [0.15, 0.2) is 30.5 Å². The molecule has 0 atom stereocenters. The van der Waals surface area contributed by atoms with E-state index in [0.29, 0.717) is 33.4 Å². The van der Waals surface area contributed by atoms with Crippen LogP contribution in [-0.4, -0.2) is 36.5 Å². The van der Waals surface area contributed by atoms with Gasteiger partial charge in [0.15, 0.2) is 17.3 Å². The predicted molar refractivity (Wildman–Crippen MR) is 127 cm³/mol. The monoisotopic (exact) mass is 495 g/mol. The van der Waals surface area contributed by atoms with Gasteiger partial charge in [0, 0.05) is 40.2 Å². The van der Waals surface area contributed by atoms with Gasteiger partial charge in [-0.15, -0.1) is 0 Å². The molecule has 0 bridgehead atoms. The topological polar surface area (TPSA) is 108 Å². The van der Waals surface area contributed by atoms with Crippen molar-refractivity contribution < 1.29 is 23.1 Å². The highest BCUT2D eigenvalue weighted by Crippen LogP contribution is 2.48. The van der Waals surface area contributed by atoms with Gasteiger partial charge >= 0.3 is 5.97 Å². The second-order valence-corrected chi connectivity index (χ2v) is 10.1. The predicted octanol–water partition coefficient (Wildman–Crippen LogP) is 5.82. The first-order chi connectivity index (χ1) is 17.1. The molecule has 0 spiro atoms. The Balaban J connectivity index is 1.83. The normalized spacial score (nSPS) is 20.6. The number of H-pyrrole nitrogens is 1. The van der Waals surface area contributed by atoms with Gasteiger partial charge in [-0.1, -0.05) is 13.8 Å². The van der Waals surface area contributed by atoms with Crippen LogP contribution in [0.2, 0.25) is 0 Å². The van der Waals surface area contributed by atoms with Crippen molar-refractivity contribution in [1.82, 2.24) is 19.7 Å². The highest BCUT2D eigenvalue weighted by atomic mass is 19.2. The minimum absolute atomic E-state index is 0.119. The number of rotatable bonds is 5. The molecule has 36 heavy (non-hydrogen) atoms. The van der Waals surface area contributed by atoms with Crippen molar-refractivity contribution >= 4 is 28.0 Å². The summed E-state index contributed by atoms with van der Waals surface area (Å²) in [5.74, 6) is -3.71. The molecule has 0 saturated heterocycles. The zero-order chi connectivity index (χ0) is 25.8. The van der Waals surface area contributed by atoms with Crippen LogP contribution < -0.4 is 0 Å². The third-order valence-electron chi connectivity index (χ3n) is 7.27. The maximum Gasteiger partial charge on any atom is 0.341 e. The minimum Gasteiger partial charge on any atom is -0.479 e. The van der Waals surface area contributed by atoms with Crippen LogP contribution in [-0.2, 0) is 10.2 Å². The number of halogens is 3. The maximum atomic E-state index is 14.9. The molecule has 0 unspecified atom stereocenters. The number of benzene rings is 1. The molecule has 1 saturated carbocycles. The molecule has 1 aliphatic rings. The number of alkyl halides is 1. The Hall–Kier alpha value is -3.87. The average molecular weight is 496 g/mol. The first kappa shape index (κ1) is 23.9. The molecule has 1 fully saturated rings. The van der Waals surface area contributed by atoms with E-state index >= 15 is 0 Å². The molecule has 5 rings (SSSR count). The number of aliphatic carboxylic acids is 1. The summed E-state index contributed by atoms with van der Waals surface area (Å²) >= 11 is 0. The smallest absolute Gasteiger partial charge is 0.341 e. The largest absolute Gasteiger partial charge is 0.479 e. The van der Waals surface area contributed by atoms with Gasteiger partial charge in [-0.2, -0.15) is 10.4 Å². The van der Waals surface area contributed by atoms with E-state index in [9.17, 15) is 28.3 Å². The van der Waals surface area contributed by atoms with Crippen molar-refractivity contribution in [3.8, 4) is 11.8 Å². The van der Waals surface area contributed by atoms with E-state index in [4.69, 9.17) is 4.98 Å². The van der Waals surface area contributed by atoms with Gasteiger partial charge in [-0.25, -0.2) is 22.9 Å². The number of fused-ring (bicyclic) bond motifs is 2. The van der Waals surface area contributed by atoms with Crippen molar-refractivity contribution in [3.05, 3.63) is 53.4 Å². The number of hydrogen-bond acceptors (Lipinski definition) is 4. The molecule has 0 amide bonds. The standard InChI is InChI=1S/C26H24F3N5O2/c1-25(2,9-10-30)22-20(14-5-7-26(29,8-6-14)24(35)36)21-19(11-15-13-31-33-23(15)32-21)34(22)16-3-4-17(27)18(28)12-16/h3-4,11-14H,5-9H2,1-2H3,(H,35,36)(H,31,32,33). The van der Waals surface area contributed by atoms with Gasteiger partial charge in [-0.05, 0) is 49.8 Å². The summed E-state index contributed by atoms with van der Waals surface area (Å²) in [6, 6.07) is 7.67. The molecule has 0 aliphatic heterocycles. The van der Waals surface area contributed by atoms with Crippen LogP contribution >= 0.6 is 0 Å². The molecular weight excluding hydrogens is 471 g/mol. The highest BCUT2D eigenvalue weighted by molar-refractivity contribution is 5.94. The Labute approximate surface area is 204 Å². The first-order valence-electron chi connectivity index (χ1n) is 11.7. The van der Waals surface area contributed by atoms with E-state index in [-0.39, 0.29) is 38.0 Å². The molecule has 4 aromatic rings. The second kappa shape index (κ2) is 8.36. The van der Waals surface area contributed by atoms with E-state index < -0.39 is 28.7 Å². The van der Waals surface area contributed by atoms with Crippen LogP contribution in [0.5, 0.6) is 0 Å². The minimum atomic E-state index is -2.29. The Morgan fingerprint density at radius 3 is 2.64 bits per heavy atom. The molecule has 10 heteroatoms. The Kier molecular flexibility index (Phi) is 5.54. The highest BCUT2D eigenvalue weighted by Gasteiger charge is 2.45.